The zero-order chi connectivity index (χ0) is 10.7. The topological polar surface area (TPSA) is 12.5 Å². The van der Waals surface area contributed by atoms with Gasteiger partial charge < -0.3 is 4.74 Å². The summed E-state index contributed by atoms with van der Waals surface area (Å²) in [7, 11) is 0. The van der Waals surface area contributed by atoms with E-state index in [1.165, 1.54) is 5.57 Å². The Kier molecular flexibility index (Phi) is 3.60. The third-order valence-corrected chi connectivity index (χ3v) is 3.43. The number of nitrogens with zero attached hydrogens (tertiary/aromatic N) is 1. The number of rotatable bonds is 2. The minimum absolute atomic E-state index is 0.686. The van der Waals surface area contributed by atoms with Crippen molar-refractivity contribution in [3.05, 3.63) is 23.8 Å². The predicted octanol–water partition coefficient (Wildman–Crippen LogP) is 2.09. The highest BCUT2D eigenvalue weighted by atomic mass is 16.5. The Bertz CT molecular complexity index is 264. The molecule has 1 fully saturated rings. The quantitative estimate of drug-likeness (QED) is 0.687. The van der Waals surface area contributed by atoms with Crippen molar-refractivity contribution in [2.24, 2.45) is 11.8 Å². The molecule has 2 unspecified atom stereocenters. The van der Waals surface area contributed by atoms with Gasteiger partial charge in [0.05, 0.1) is 13.2 Å². The third-order valence-electron chi connectivity index (χ3n) is 3.43. The molecular weight excluding hydrogens is 186 g/mol. The van der Waals surface area contributed by atoms with Crippen LogP contribution in [0.1, 0.15) is 13.8 Å². The summed E-state index contributed by atoms with van der Waals surface area (Å²) in [5, 5.41) is 0. The molecule has 15 heavy (non-hydrogen) atoms. The fraction of sp³-hybridized carbons (Fsp3) is 0.692. The lowest BCUT2D eigenvalue weighted by molar-refractivity contribution is 0.0425. The molecule has 2 atom stereocenters. The van der Waals surface area contributed by atoms with Crippen LogP contribution in [0.25, 0.3) is 0 Å². The third kappa shape index (κ3) is 2.93. The Morgan fingerprint density at radius 2 is 2.00 bits per heavy atom. The highest BCUT2D eigenvalue weighted by Crippen LogP contribution is 2.22. The second-order valence-electron chi connectivity index (χ2n) is 4.71. The van der Waals surface area contributed by atoms with Gasteiger partial charge in [-0.05, 0) is 17.4 Å². The highest BCUT2D eigenvalue weighted by Gasteiger charge is 2.15. The van der Waals surface area contributed by atoms with Gasteiger partial charge in [-0.25, -0.2) is 0 Å². The molecule has 2 aliphatic rings. The van der Waals surface area contributed by atoms with Gasteiger partial charge in [-0.3, -0.25) is 4.90 Å². The van der Waals surface area contributed by atoms with Gasteiger partial charge in [0.1, 0.15) is 0 Å². The maximum Gasteiger partial charge on any atom is 0.0594 e. The van der Waals surface area contributed by atoms with Crippen molar-refractivity contribution in [2.75, 3.05) is 32.8 Å². The van der Waals surface area contributed by atoms with Crippen LogP contribution in [0.3, 0.4) is 0 Å². The Morgan fingerprint density at radius 3 is 2.67 bits per heavy atom. The maximum absolute atomic E-state index is 5.35. The zero-order valence-electron chi connectivity index (χ0n) is 9.78. The summed E-state index contributed by atoms with van der Waals surface area (Å²) < 4.78 is 5.35. The van der Waals surface area contributed by atoms with Crippen molar-refractivity contribution in [3.63, 3.8) is 0 Å². The molecule has 0 N–H and O–H groups in total. The molecule has 0 amide bonds. The van der Waals surface area contributed by atoms with E-state index < -0.39 is 0 Å². The Balaban J connectivity index is 1.89. The smallest absolute Gasteiger partial charge is 0.0594 e. The fourth-order valence-electron chi connectivity index (χ4n) is 2.12. The predicted molar refractivity (Wildman–Crippen MR) is 62.8 cm³/mol. The molecule has 0 spiro atoms. The van der Waals surface area contributed by atoms with E-state index in [4.69, 9.17) is 4.74 Å². The molecule has 2 heteroatoms. The highest BCUT2D eigenvalue weighted by molar-refractivity contribution is 5.26. The van der Waals surface area contributed by atoms with Gasteiger partial charge in [-0.1, -0.05) is 32.1 Å². The van der Waals surface area contributed by atoms with Crippen molar-refractivity contribution in [1.82, 2.24) is 4.90 Å². The molecule has 0 bridgehead atoms. The number of morpholine rings is 1. The summed E-state index contributed by atoms with van der Waals surface area (Å²) in [6, 6.07) is 0. The molecule has 0 saturated carbocycles. The van der Waals surface area contributed by atoms with Crippen LogP contribution in [0.2, 0.25) is 0 Å². The number of ether oxygens (including phenoxy) is 1. The first kappa shape index (κ1) is 10.9. The molecule has 2 nitrogen and oxygen atoms in total. The molecule has 0 radical (unpaired) electrons. The molecule has 1 heterocycles. The number of hydrogen-bond acceptors (Lipinski definition) is 2. The van der Waals surface area contributed by atoms with Crippen LogP contribution < -0.4 is 0 Å². The van der Waals surface area contributed by atoms with Gasteiger partial charge in [0, 0.05) is 19.6 Å². The summed E-state index contributed by atoms with van der Waals surface area (Å²) in [5.74, 6) is 1.38. The number of allylic oxidation sites excluding steroid dienone is 2. The van der Waals surface area contributed by atoms with Crippen LogP contribution in [0.5, 0.6) is 0 Å². The zero-order valence-corrected chi connectivity index (χ0v) is 9.78. The normalized spacial score (nSPS) is 32.8. The summed E-state index contributed by atoms with van der Waals surface area (Å²) >= 11 is 0. The van der Waals surface area contributed by atoms with E-state index in [9.17, 15) is 0 Å². The average Bonchev–Trinajstić information content (AvgIpc) is 2.25. The summed E-state index contributed by atoms with van der Waals surface area (Å²) in [5.41, 5.74) is 1.47. The monoisotopic (exact) mass is 207 g/mol. The van der Waals surface area contributed by atoms with E-state index in [1.54, 1.807) is 0 Å². The first-order valence-electron chi connectivity index (χ1n) is 5.94. The SMILES string of the molecule is CC1C=CC(CN2CCOCC2)=CC1C. The Labute approximate surface area is 92.6 Å². The summed E-state index contributed by atoms with van der Waals surface area (Å²) in [4.78, 5) is 2.47. The molecule has 1 saturated heterocycles. The van der Waals surface area contributed by atoms with E-state index in [1.807, 2.05) is 0 Å². The molecule has 0 aromatic carbocycles. The lowest BCUT2D eigenvalue weighted by Gasteiger charge is -2.28. The van der Waals surface area contributed by atoms with Crippen LogP contribution in [-0.4, -0.2) is 37.7 Å². The van der Waals surface area contributed by atoms with Gasteiger partial charge in [0.25, 0.3) is 0 Å². The van der Waals surface area contributed by atoms with Crippen molar-refractivity contribution >= 4 is 0 Å². The van der Waals surface area contributed by atoms with Crippen molar-refractivity contribution in [2.45, 2.75) is 13.8 Å². The second kappa shape index (κ2) is 4.95. The Hall–Kier alpha value is -0.600. The van der Waals surface area contributed by atoms with Crippen LogP contribution >= 0.6 is 0 Å². The Morgan fingerprint density at radius 1 is 1.27 bits per heavy atom. The minimum Gasteiger partial charge on any atom is -0.379 e. The molecule has 0 aromatic rings. The van der Waals surface area contributed by atoms with Gasteiger partial charge in [0.15, 0.2) is 0 Å². The van der Waals surface area contributed by atoms with Gasteiger partial charge >= 0.3 is 0 Å². The second-order valence-corrected chi connectivity index (χ2v) is 4.71. The standard InChI is InChI=1S/C13H21NO/c1-11-3-4-13(9-12(11)2)10-14-5-7-15-8-6-14/h3-4,9,11-12H,5-8,10H2,1-2H3. The van der Waals surface area contributed by atoms with Crippen LogP contribution in [-0.2, 0) is 4.74 Å². The molecule has 0 aromatic heterocycles. The van der Waals surface area contributed by atoms with E-state index in [0.717, 1.165) is 32.8 Å². The van der Waals surface area contributed by atoms with Crippen molar-refractivity contribution in [1.29, 1.82) is 0 Å². The number of hydrogen-bond donors (Lipinski definition) is 0. The van der Waals surface area contributed by atoms with Crippen LogP contribution in [0.4, 0.5) is 0 Å². The van der Waals surface area contributed by atoms with E-state index in [-0.39, 0.29) is 0 Å². The largest absolute Gasteiger partial charge is 0.379 e. The lowest BCUT2D eigenvalue weighted by atomic mass is 9.88. The van der Waals surface area contributed by atoms with Crippen molar-refractivity contribution < 1.29 is 4.74 Å². The first-order valence-corrected chi connectivity index (χ1v) is 5.94. The van der Waals surface area contributed by atoms with Crippen LogP contribution in [0, 0.1) is 11.8 Å². The van der Waals surface area contributed by atoms with E-state index in [2.05, 4.69) is 37.0 Å². The molecule has 1 aliphatic heterocycles. The fourth-order valence-corrected chi connectivity index (χ4v) is 2.12. The van der Waals surface area contributed by atoms with Crippen LogP contribution in [0.15, 0.2) is 23.8 Å². The van der Waals surface area contributed by atoms with Gasteiger partial charge in [-0.15, -0.1) is 0 Å². The lowest BCUT2D eigenvalue weighted by Crippen LogP contribution is -2.37. The van der Waals surface area contributed by atoms with Crippen molar-refractivity contribution in [3.8, 4) is 0 Å². The molecule has 2 rings (SSSR count). The van der Waals surface area contributed by atoms with Gasteiger partial charge in [-0.2, -0.15) is 0 Å². The molecule has 1 aliphatic carbocycles. The molecule has 84 valence electrons. The summed E-state index contributed by atoms with van der Waals surface area (Å²) in [6.45, 7) is 9.61. The van der Waals surface area contributed by atoms with E-state index in [0.29, 0.717) is 11.8 Å². The first-order chi connectivity index (χ1) is 7.25. The minimum atomic E-state index is 0.686. The summed E-state index contributed by atoms with van der Waals surface area (Å²) in [6.07, 6.45) is 7.04. The van der Waals surface area contributed by atoms with E-state index >= 15 is 0 Å². The van der Waals surface area contributed by atoms with Gasteiger partial charge in [0.2, 0.25) is 0 Å². The molecular formula is C13H21NO. The maximum atomic E-state index is 5.35. The average molecular weight is 207 g/mol.